The number of rotatable bonds is 7. The van der Waals surface area contributed by atoms with Crippen LogP contribution < -0.4 is 0 Å². The van der Waals surface area contributed by atoms with Gasteiger partial charge in [-0.1, -0.05) is 194 Å². The Morgan fingerprint density at radius 3 is 1.42 bits per heavy atom. The Labute approximate surface area is 445 Å². The van der Waals surface area contributed by atoms with Crippen molar-refractivity contribution < 1.29 is 8.83 Å². The van der Waals surface area contributed by atoms with Crippen LogP contribution in [0.4, 0.5) is 0 Å². The molecule has 0 aliphatic heterocycles. The van der Waals surface area contributed by atoms with Crippen LogP contribution in [0.3, 0.4) is 0 Å². The topological polar surface area (TPSA) is 104 Å². The monoisotopic (exact) mass is 996 g/mol. The molecular weight excluding hydrogens is 957 g/mol. The van der Waals surface area contributed by atoms with E-state index in [0.717, 1.165) is 131 Å². The smallest absolute Gasteiger partial charge is 0.164 e. The lowest BCUT2D eigenvalue weighted by Gasteiger charge is -2.12. The molecular formula is C70H40N6O2. The van der Waals surface area contributed by atoms with Crippen LogP contribution in [0, 0.1) is 0 Å². The molecule has 0 saturated heterocycles. The van der Waals surface area contributed by atoms with Crippen LogP contribution in [-0.2, 0) is 0 Å². The van der Waals surface area contributed by atoms with Gasteiger partial charge in [-0.15, -0.1) is 0 Å². The van der Waals surface area contributed by atoms with Crippen LogP contribution in [0.25, 0.3) is 166 Å². The SMILES string of the molecule is c1ccc(-c2nc(-c3cccc(-c4ccc5ccc(-c6nc(-c7ccc8ccc9c%10ccccc%10oc9c8c7)nc(-c7cccc8ccccc78)n6)cc5c4)c3)nc(-c3cccc4ccc5c6ccccc6oc5c34)n2)cc1. The zero-order valence-corrected chi connectivity index (χ0v) is 41.6. The third kappa shape index (κ3) is 7.23. The van der Waals surface area contributed by atoms with Crippen LogP contribution >= 0.6 is 0 Å². The largest absolute Gasteiger partial charge is 0.455 e. The zero-order valence-electron chi connectivity index (χ0n) is 41.6. The van der Waals surface area contributed by atoms with Crippen molar-refractivity contribution in [1.29, 1.82) is 0 Å². The fourth-order valence-corrected chi connectivity index (χ4v) is 11.3. The van der Waals surface area contributed by atoms with Gasteiger partial charge in [0.1, 0.15) is 22.3 Å². The van der Waals surface area contributed by atoms with Crippen molar-refractivity contribution in [2.75, 3.05) is 0 Å². The molecule has 0 spiro atoms. The Morgan fingerprint density at radius 1 is 0.218 bits per heavy atom. The van der Waals surface area contributed by atoms with Gasteiger partial charge in [0.2, 0.25) is 0 Å². The van der Waals surface area contributed by atoms with E-state index in [-0.39, 0.29) is 0 Å². The number of aromatic nitrogens is 6. The van der Waals surface area contributed by atoms with Gasteiger partial charge in [-0.05, 0) is 92.0 Å². The quantitative estimate of drug-likeness (QED) is 0.156. The van der Waals surface area contributed by atoms with E-state index in [4.69, 9.17) is 38.7 Å². The Kier molecular flexibility index (Phi) is 9.77. The predicted octanol–water partition coefficient (Wildman–Crippen LogP) is 18.1. The number of fused-ring (bicyclic) bond motifs is 12. The first-order chi connectivity index (χ1) is 38.6. The summed E-state index contributed by atoms with van der Waals surface area (Å²) in [5, 5.41) is 12.7. The third-order valence-electron chi connectivity index (χ3n) is 15.1. The second kappa shape index (κ2) is 17.4. The second-order valence-electron chi connectivity index (χ2n) is 19.8. The highest BCUT2D eigenvalue weighted by molar-refractivity contribution is 6.19. The molecule has 8 heteroatoms. The summed E-state index contributed by atoms with van der Waals surface area (Å²) in [7, 11) is 0. The second-order valence-corrected chi connectivity index (χ2v) is 19.8. The molecule has 78 heavy (non-hydrogen) atoms. The number of furan rings is 2. The first kappa shape index (κ1) is 43.7. The molecule has 8 nitrogen and oxygen atoms in total. The molecule has 0 unspecified atom stereocenters. The van der Waals surface area contributed by atoms with E-state index >= 15 is 0 Å². The Bertz CT molecular complexity index is 5120. The van der Waals surface area contributed by atoms with Gasteiger partial charge >= 0.3 is 0 Å². The van der Waals surface area contributed by atoms with Gasteiger partial charge in [-0.3, -0.25) is 0 Å². The van der Waals surface area contributed by atoms with Gasteiger partial charge in [-0.25, -0.2) is 29.9 Å². The maximum atomic E-state index is 6.60. The molecule has 0 amide bonds. The summed E-state index contributed by atoms with van der Waals surface area (Å²) < 4.78 is 13.1. The average Bonchev–Trinajstić information content (AvgIpc) is 4.17. The van der Waals surface area contributed by atoms with Gasteiger partial charge < -0.3 is 8.83 Å². The Morgan fingerprint density at radius 2 is 0.667 bits per heavy atom. The summed E-state index contributed by atoms with van der Waals surface area (Å²) in [6.07, 6.45) is 0. The minimum absolute atomic E-state index is 0.565. The predicted molar refractivity (Wildman–Crippen MR) is 316 cm³/mol. The first-order valence-electron chi connectivity index (χ1n) is 26.0. The summed E-state index contributed by atoms with van der Waals surface area (Å²) in [4.78, 5) is 31.3. The van der Waals surface area contributed by atoms with E-state index in [1.54, 1.807) is 0 Å². The standard InChI is InChI=1S/C70H40N6O2/c1-2-14-45(15-3-1)65-71-66(76-70(73-65)58-24-12-17-44-34-36-56-54-22-7-9-26-61(54)78-64(56)62(44)58)48-19-10-18-46(37-48)47-30-27-41-28-31-49(39-51(41)38-47)67-72-68(75-69(74-67)57-23-11-16-42-13-4-5-20-52(42)57)50-32-29-43-33-35-55-53-21-6-8-25-60(53)77-63(55)59(43)40-50/h1-40H. The maximum absolute atomic E-state index is 6.60. The fraction of sp³-hybridized carbons (Fsp3) is 0. The highest BCUT2D eigenvalue weighted by Crippen LogP contribution is 2.41. The summed E-state index contributed by atoms with van der Waals surface area (Å²) >= 11 is 0. The van der Waals surface area contributed by atoms with E-state index in [0.29, 0.717) is 34.9 Å². The van der Waals surface area contributed by atoms with Gasteiger partial charge in [0.15, 0.2) is 34.9 Å². The molecule has 16 rings (SSSR count). The molecule has 0 N–H and O–H groups in total. The van der Waals surface area contributed by atoms with Crippen molar-refractivity contribution in [1.82, 2.24) is 29.9 Å². The molecule has 0 saturated carbocycles. The number of hydrogen-bond acceptors (Lipinski definition) is 8. The van der Waals surface area contributed by atoms with Crippen molar-refractivity contribution >= 4 is 87.0 Å². The molecule has 0 radical (unpaired) electrons. The van der Waals surface area contributed by atoms with E-state index in [1.165, 1.54) is 0 Å². The van der Waals surface area contributed by atoms with E-state index in [2.05, 4.69) is 176 Å². The average molecular weight is 997 g/mol. The minimum atomic E-state index is 0.565. The normalized spacial score (nSPS) is 11.8. The van der Waals surface area contributed by atoms with E-state index < -0.39 is 0 Å². The molecule has 0 aliphatic carbocycles. The van der Waals surface area contributed by atoms with Crippen molar-refractivity contribution in [2.24, 2.45) is 0 Å². The van der Waals surface area contributed by atoms with Crippen LogP contribution in [-0.4, -0.2) is 29.9 Å². The molecule has 4 heterocycles. The van der Waals surface area contributed by atoms with Gasteiger partial charge in [-0.2, -0.15) is 0 Å². The molecule has 362 valence electrons. The van der Waals surface area contributed by atoms with Crippen LogP contribution in [0.15, 0.2) is 251 Å². The molecule has 4 aromatic heterocycles. The fourth-order valence-electron chi connectivity index (χ4n) is 11.3. The van der Waals surface area contributed by atoms with Crippen LogP contribution in [0.5, 0.6) is 0 Å². The maximum Gasteiger partial charge on any atom is 0.164 e. The van der Waals surface area contributed by atoms with E-state index in [1.807, 2.05) is 66.7 Å². The van der Waals surface area contributed by atoms with Crippen molar-refractivity contribution in [3.8, 4) is 79.5 Å². The molecule has 12 aromatic carbocycles. The van der Waals surface area contributed by atoms with Gasteiger partial charge in [0.25, 0.3) is 0 Å². The first-order valence-corrected chi connectivity index (χ1v) is 26.0. The summed E-state index contributed by atoms with van der Waals surface area (Å²) in [5.74, 6) is 3.46. The molecule has 16 aromatic rings. The molecule has 0 bridgehead atoms. The highest BCUT2D eigenvalue weighted by atomic mass is 16.3. The van der Waals surface area contributed by atoms with Crippen molar-refractivity contribution in [3.05, 3.63) is 243 Å². The number of hydrogen-bond donors (Lipinski definition) is 0. The van der Waals surface area contributed by atoms with Crippen molar-refractivity contribution in [3.63, 3.8) is 0 Å². The highest BCUT2D eigenvalue weighted by Gasteiger charge is 2.21. The van der Waals surface area contributed by atoms with Crippen LogP contribution in [0.1, 0.15) is 0 Å². The molecule has 0 atom stereocenters. The lowest BCUT2D eigenvalue weighted by atomic mass is 9.98. The summed E-state index contributed by atoms with van der Waals surface area (Å²) in [6.45, 7) is 0. The number of benzene rings is 12. The Hall–Kier alpha value is -10.7. The van der Waals surface area contributed by atoms with Gasteiger partial charge in [0.05, 0.1) is 0 Å². The third-order valence-corrected chi connectivity index (χ3v) is 15.1. The summed E-state index contributed by atoms with van der Waals surface area (Å²) in [5.41, 5.74) is 10.7. The van der Waals surface area contributed by atoms with Gasteiger partial charge in [0, 0.05) is 65.7 Å². The number of nitrogens with zero attached hydrogens (tertiary/aromatic N) is 6. The molecule has 0 aliphatic rings. The number of para-hydroxylation sites is 2. The summed E-state index contributed by atoms with van der Waals surface area (Å²) in [6, 6.07) is 83.7. The van der Waals surface area contributed by atoms with Crippen LogP contribution in [0.2, 0.25) is 0 Å². The lowest BCUT2D eigenvalue weighted by molar-refractivity contribution is 0.672. The van der Waals surface area contributed by atoms with Crippen molar-refractivity contribution in [2.45, 2.75) is 0 Å². The molecule has 0 fully saturated rings. The Balaban J connectivity index is 0.815. The minimum Gasteiger partial charge on any atom is -0.455 e. The lowest BCUT2D eigenvalue weighted by Crippen LogP contribution is -2.01. The van der Waals surface area contributed by atoms with E-state index in [9.17, 15) is 0 Å². The zero-order chi connectivity index (χ0) is 51.3.